The minimum Gasteiger partial charge on any atom is -0.464 e. The number of benzene rings is 2. The van der Waals surface area contributed by atoms with Crippen LogP contribution in [0.15, 0.2) is 42.5 Å². The van der Waals surface area contributed by atoms with E-state index in [-0.39, 0.29) is 6.17 Å². The topological polar surface area (TPSA) is 97.9 Å². The molecule has 2 N–H and O–H groups in total. The maximum Gasteiger partial charge on any atom is 0.417 e. The maximum atomic E-state index is 11.9. The van der Waals surface area contributed by atoms with Gasteiger partial charge in [0.1, 0.15) is 17.5 Å². The highest BCUT2D eigenvalue weighted by Gasteiger charge is 2.26. The summed E-state index contributed by atoms with van der Waals surface area (Å²) in [6.07, 6.45) is -1.21. The van der Waals surface area contributed by atoms with E-state index in [0.29, 0.717) is 16.9 Å². The number of imidazole rings is 1. The molecule has 4 rings (SSSR count). The van der Waals surface area contributed by atoms with Crippen molar-refractivity contribution in [2.45, 2.75) is 39.3 Å². The van der Waals surface area contributed by atoms with Crippen molar-refractivity contribution in [3.05, 3.63) is 48.3 Å². The van der Waals surface area contributed by atoms with Crippen LogP contribution in [0.3, 0.4) is 0 Å². The van der Waals surface area contributed by atoms with Crippen molar-refractivity contribution in [2.24, 2.45) is 0 Å². The van der Waals surface area contributed by atoms with Crippen molar-refractivity contribution in [3.63, 3.8) is 0 Å². The van der Waals surface area contributed by atoms with Gasteiger partial charge < -0.3 is 10.4 Å². The lowest BCUT2D eigenvalue weighted by Gasteiger charge is -2.18. The lowest BCUT2D eigenvalue weighted by atomic mass is 9.96. The number of rotatable bonds is 3. The van der Waals surface area contributed by atoms with Gasteiger partial charge in [0.25, 0.3) is 0 Å². The highest BCUT2D eigenvalue weighted by Crippen LogP contribution is 2.29. The first-order valence-corrected chi connectivity index (χ1v) is 9.08. The lowest BCUT2D eigenvalue weighted by Crippen LogP contribution is -2.22. The summed E-state index contributed by atoms with van der Waals surface area (Å²) in [5, 5.41) is 21.5. The lowest BCUT2D eigenvalue weighted by molar-refractivity contribution is 0.195. The Balaban J connectivity index is 1.73. The average Bonchev–Trinajstić information content (AvgIpc) is 3.22. The Morgan fingerprint density at radius 2 is 1.86 bits per heavy atom. The Morgan fingerprint density at radius 3 is 2.57 bits per heavy atom. The van der Waals surface area contributed by atoms with E-state index < -0.39 is 11.5 Å². The van der Waals surface area contributed by atoms with E-state index in [1.807, 2.05) is 64.1 Å². The van der Waals surface area contributed by atoms with Gasteiger partial charge in [-0.05, 0) is 37.3 Å². The van der Waals surface area contributed by atoms with Crippen molar-refractivity contribution < 1.29 is 9.90 Å². The minimum atomic E-state index is -1.04. The first-order chi connectivity index (χ1) is 13.3. The standard InChI is InChI=1S/C20H22N6O2/c1-12(26-16-8-6-5-7-15(16)23-24-26)21-13-9-10-14-17(11-13)25(19(27)28)18(22-14)20(2,3)4/h5-12,21H,1-4H3,(H,27,28). The number of hydrogen-bond acceptors (Lipinski definition) is 5. The van der Waals surface area contributed by atoms with E-state index in [2.05, 4.69) is 20.6 Å². The zero-order valence-electron chi connectivity index (χ0n) is 16.2. The smallest absolute Gasteiger partial charge is 0.417 e. The van der Waals surface area contributed by atoms with Gasteiger partial charge in [0.05, 0.1) is 16.6 Å². The Hall–Kier alpha value is -3.42. The number of nitrogens with one attached hydrogen (secondary N) is 1. The van der Waals surface area contributed by atoms with Gasteiger partial charge in [-0.15, -0.1) is 5.10 Å². The predicted octanol–water partition coefficient (Wildman–Crippen LogP) is 4.24. The van der Waals surface area contributed by atoms with Gasteiger partial charge in [-0.3, -0.25) is 0 Å². The third-order valence-corrected chi connectivity index (χ3v) is 4.64. The zero-order valence-corrected chi connectivity index (χ0v) is 16.2. The van der Waals surface area contributed by atoms with E-state index in [4.69, 9.17) is 0 Å². The summed E-state index contributed by atoms with van der Waals surface area (Å²) in [5.74, 6) is 0.516. The van der Waals surface area contributed by atoms with Gasteiger partial charge in [-0.25, -0.2) is 19.0 Å². The molecule has 8 nitrogen and oxygen atoms in total. The molecule has 0 radical (unpaired) electrons. The Kier molecular flexibility index (Phi) is 4.06. The Bertz CT molecular complexity index is 1180. The van der Waals surface area contributed by atoms with Crippen molar-refractivity contribution in [3.8, 4) is 0 Å². The number of hydrogen-bond donors (Lipinski definition) is 2. The zero-order chi connectivity index (χ0) is 20.1. The SMILES string of the molecule is CC(Nc1ccc2nc(C(C)(C)C)n(C(=O)O)c2c1)n1nnc2ccccc21. The molecule has 0 saturated carbocycles. The number of anilines is 1. The number of aromatic nitrogens is 5. The molecule has 2 aromatic heterocycles. The molecule has 1 atom stereocenters. The van der Waals surface area contributed by atoms with Gasteiger partial charge in [-0.1, -0.05) is 38.1 Å². The second kappa shape index (κ2) is 6.33. The van der Waals surface area contributed by atoms with Crippen LogP contribution in [0.5, 0.6) is 0 Å². The molecular weight excluding hydrogens is 356 g/mol. The van der Waals surface area contributed by atoms with Crippen LogP contribution in [0.25, 0.3) is 22.1 Å². The molecule has 0 fully saturated rings. The Morgan fingerprint density at radius 1 is 1.11 bits per heavy atom. The predicted molar refractivity (Wildman–Crippen MR) is 108 cm³/mol. The summed E-state index contributed by atoms with van der Waals surface area (Å²) >= 11 is 0. The summed E-state index contributed by atoms with van der Waals surface area (Å²) in [6, 6.07) is 13.3. The third kappa shape index (κ3) is 2.96. The Labute approximate surface area is 161 Å². The van der Waals surface area contributed by atoms with E-state index in [9.17, 15) is 9.90 Å². The normalized spacial score (nSPS) is 13.1. The fourth-order valence-corrected chi connectivity index (χ4v) is 3.34. The first-order valence-electron chi connectivity index (χ1n) is 9.08. The van der Waals surface area contributed by atoms with Crippen LogP contribution >= 0.6 is 0 Å². The van der Waals surface area contributed by atoms with Crippen molar-refractivity contribution in [1.29, 1.82) is 0 Å². The number of para-hydroxylation sites is 1. The second-order valence-corrected chi connectivity index (χ2v) is 7.85. The van der Waals surface area contributed by atoms with Crippen molar-refractivity contribution in [2.75, 3.05) is 5.32 Å². The molecule has 28 heavy (non-hydrogen) atoms. The molecule has 2 heterocycles. The second-order valence-electron chi connectivity index (χ2n) is 7.85. The van der Waals surface area contributed by atoms with E-state index in [0.717, 1.165) is 16.7 Å². The van der Waals surface area contributed by atoms with Crippen LogP contribution < -0.4 is 5.32 Å². The molecule has 0 amide bonds. The van der Waals surface area contributed by atoms with Gasteiger partial charge >= 0.3 is 6.09 Å². The quantitative estimate of drug-likeness (QED) is 0.553. The molecule has 0 aliphatic rings. The summed E-state index contributed by atoms with van der Waals surface area (Å²) in [6.45, 7) is 7.82. The number of carboxylic acid groups (broad SMARTS) is 1. The number of carbonyl (C=O) groups is 1. The largest absolute Gasteiger partial charge is 0.464 e. The van der Waals surface area contributed by atoms with Crippen LogP contribution in [0.4, 0.5) is 10.5 Å². The number of nitrogens with zero attached hydrogens (tertiary/aromatic N) is 5. The summed E-state index contributed by atoms with van der Waals surface area (Å²) in [4.78, 5) is 16.4. The minimum absolute atomic E-state index is 0.173. The molecule has 8 heteroatoms. The highest BCUT2D eigenvalue weighted by molar-refractivity contribution is 5.89. The maximum absolute atomic E-state index is 11.9. The summed E-state index contributed by atoms with van der Waals surface area (Å²) in [7, 11) is 0. The highest BCUT2D eigenvalue weighted by atomic mass is 16.4. The molecular formula is C20H22N6O2. The molecule has 0 aliphatic carbocycles. The van der Waals surface area contributed by atoms with Crippen LogP contribution in [0, 0.1) is 0 Å². The molecule has 0 bridgehead atoms. The molecule has 2 aromatic carbocycles. The van der Waals surface area contributed by atoms with E-state index in [1.54, 1.807) is 10.7 Å². The fraction of sp³-hybridized carbons (Fsp3) is 0.300. The number of fused-ring (bicyclic) bond motifs is 2. The van der Waals surface area contributed by atoms with Gasteiger partial charge in [0.2, 0.25) is 0 Å². The van der Waals surface area contributed by atoms with Crippen LogP contribution in [0.1, 0.15) is 39.7 Å². The average molecular weight is 378 g/mol. The molecule has 0 saturated heterocycles. The van der Waals surface area contributed by atoms with Crippen LogP contribution in [-0.2, 0) is 5.41 Å². The molecule has 0 spiro atoms. The van der Waals surface area contributed by atoms with E-state index in [1.165, 1.54) is 4.57 Å². The molecule has 144 valence electrons. The summed E-state index contributed by atoms with van der Waals surface area (Å²) < 4.78 is 3.06. The fourth-order valence-electron chi connectivity index (χ4n) is 3.34. The van der Waals surface area contributed by atoms with E-state index >= 15 is 0 Å². The molecule has 1 unspecified atom stereocenters. The van der Waals surface area contributed by atoms with Crippen molar-refractivity contribution in [1.82, 2.24) is 24.5 Å². The van der Waals surface area contributed by atoms with Crippen LogP contribution in [-0.4, -0.2) is 35.7 Å². The van der Waals surface area contributed by atoms with Gasteiger partial charge in [0, 0.05) is 11.1 Å². The third-order valence-electron chi connectivity index (χ3n) is 4.64. The van der Waals surface area contributed by atoms with Gasteiger partial charge in [0.15, 0.2) is 0 Å². The van der Waals surface area contributed by atoms with Crippen molar-refractivity contribution >= 4 is 33.8 Å². The van der Waals surface area contributed by atoms with Crippen LogP contribution in [0.2, 0.25) is 0 Å². The first kappa shape index (κ1) is 18.0. The monoisotopic (exact) mass is 378 g/mol. The summed E-state index contributed by atoms with van der Waals surface area (Å²) in [5.41, 5.74) is 3.34. The molecule has 0 aliphatic heterocycles. The van der Waals surface area contributed by atoms with Gasteiger partial charge in [-0.2, -0.15) is 0 Å². The molecule has 4 aromatic rings.